The van der Waals surface area contributed by atoms with E-state index in [0.29, 0.717) is 13.1 Å². The Kier molecular flexibility index (Phi) is 4.55. The van der Waals surface area contributed by atoms with E-state index in [-0.39, 0.29) is 6.42 Å². The Morgan fingerprint density at radius 1 is 1.57 bits per heavy atom. The van der Waals surface area contributed by atoms with Crippen LogP contribution in [0.5, 0.6) is 0 Å². The van der Waals surface area contributed by atoms with Crippen molar-refractivity contribution in [2.75, 3.05) is 13.1 Å². The van der Waals surface area contributed by atoms with E-state index < -0.39 is 12.0 Å². The number of aliphatic carboxylic acids is 1. The fourth-order valence-electron chi connectivity index (χ4n) is 2.49. The summed E-state index contributed by atoms with van der Waals surface area (Å²) in [4.78, 5) is 17.1. The molecule has 2 aromatic rings. The van der Waals surface area contributed by atoms with Crippen molar-refractivity contribution in [1.29, 1.82) is 5.26 Å². The van der Waals surface area contributed by atoms with E-state index in [1.54, 1.807) is 0 Å². The Morgan fingerprint density at radius 2 is 2.33 bits per heavy atom. The lowest BCUT2D eigenvalue weighted by molar-refractivity contribution is -0.137. The zero-order chi connectivity index (χ0) is 15.4. The molecule has 1 unspecified atom stereocenters. The fourth-order valence-corrected chi connectivity index (χ4v) is 2.49. The van der Waals surface area contributed by atoms with Crippen LogP contribution in [0.15, 0.2) is 24.4 Å². The van der Waals surface area contributed by atoms with E-state index >= 15 is 0 Å². The van der Waals surface area contributed by atoms with Crippen LogP contribution in [0.25, 0.3) is 5.65 Å². The molecule has 0 saturated heterocycles. The molecule has 2 rings (SSSR count). The van der Waals surface area contributed by atoms with Crippen LogP contribution in [0.4, 0.5) is 0 Å². The van der Waals surface area contributed by atoms with E-state index in [2.05, 4.69) is 11.1 Å². The molecule has 0 fully saturated rings. The summed E-state index contributed by atoms with van der Waals surface area (Å²) in [6, 6.07) is 7.45. The van der Waals surface area contributed by atoms with Crippen molar-refractivity contribution in [3.05, 3.63) is 35.8 Å². The number of nitrogens with zero attached hydrogens (tertiary/aromatic N) is 4. The van der Waals surface area contributed by atoms with Gasteiger partial charge in [-0.2, -0.15) is 5.26 Å². The highest BCUT2D eigenvalue weighted by atomic mass is 16.4. The fraction of sp³-hybridized carbons (Fsp3) is 0.400. The molecular formula is C15H18N4O2. The summed E-state index contributed by atoms with van der Waals surface area (Å²) in [7, 11) is 0. The third kappa shape index (κ3) is 3.03. The summed E-state index contributed by atoms with van der Waals surface area (Å²) in [6.07, 6.45) is 1.89. The second kappa shape index (κ2) is 6.37. The van der Waals surface area contributed by atoms with Crippen molar-refractivity contribution in [2.24, 2.45) is 0 Å². The van der Waals surface area contributed by atoms with Crippen molar-refractivity contribution in [3.63, 3.8) is 0 Å². The number of nitriles is 1. The Balaban J connectivity index is 2.41. The van der Waals surface area contributed by atoms with Gasteiger partial charge in [0.1, 0.15) is 11.7 Å². The second-order valence-electron chi connectivity index (χ2n) is 4.82. The normalized spacial score (nSPS) is 12.5. The highest BCUT2D eigenvalue weighted by molar-refractivity contribution is 5.66. The summed E-state index contributed by atoms with van der Waals surface area (Å²) >= 11 is 0. The number of hydrogen-bond donors (Lipinski definition) is 1. The molecule has 0 amide bonds. The molecule has 0 saturated carbocycles. The SMILES string of the molecule is CCN(CCC(=O)O)C(C#N)c1c(C)nc2ccccn12. The van der Waals surface area contributed by atoms with E-state index in [4.69, 9.17) is 5.11 Å². The predicted molar refractivity (Wildman–Crippen MR) is 77.8 cm³/mol. The molecule has 0 aromatic carbocycles. The molecule has 21 heavy (non-hydrogen) atoms. The van der Waals surface area contributed by atoms with Crippen molar-refractivity contribution < 1.29 is 9.90 Å². The minimum absolute atomic E-state index is 0.0157. The van der Waals surface area contributed by atoms with Gasteiger partial charge in [0.25, 0.3) is 0 Å². The van der Waals surface area contributed by atoms with Crippen LogP contribution >= 0.6 is 0 Å². The maximum Gasteiger partial charge on any atom is 0.304 e. The number of rotatable bonds is 6. The summed E-state index contributed by atoms with van der Waals surface area (Å²) in [5.41, 5.74) is 2.39. The number of imidazole rings is 1. The van der Waals surface area contributed by atoms with Gasteiger partial charge in [-0.15, -0.1) is 0 Å². The van der Waals surface area contributed by atoms with Crippen LogP contribution in [0.2, 0.25) is 0 Å². The third-order valence-corrected chi connectivity index (χ3v) is 3.52. The maximum atomic E-state index is 10.8. The molecule has 110 valence electrons. The standard InChI is InChI=1S/C15H18N4O2/c1-3-18(9-7-14(20)21)12(10-16)15-11(2)17-13-6-4-5-8-19(13)15/h4-6,8,12H,3,7,9H2,1-2H3,(H,20,21). The molecule has 1 N–H and O–H groups in total. The molecule has 2 aromatic heterocycles. The van der Waals surface area contributed by atoms with Crippen molar-refractivity contribution >= 4 is 11.6 Å². The van der Waals surface area contributed by atoms with Crippen molar-refractivity contribution in [3.8, 4) is 6.07 Å². The molecule has 0 aliphatic carbocycles. The number of carbonyl (C=O) groups is 1. The van der Waals surface area contributed by atoms with E-state index in [0.717, 1.165) is 17.0 Å². The molecule has 6 heteroatoms. The lowest BCUT2D eigenvalue weighted by Crippen LogP contribution is -2.31. The number of aromatic nitrogens is 2. The Hall–Kier alpha value is -2.39. The highest BCUT2D eigenvalue weighted by Crippen LogP contribution is 2.24. The third-order valence-electron chi connectivity index (χ3n) is 3.52. The van der Waals surface area contributed by atoms with Crippen molar-refractivity contribution in [2.45, 2.75) is 26.3 Å². The van der Waals surface area contributed by atoms with Gasteiger partial charge >= 0.3 is 5.97 Å². The number of carboxylic acid groups (broad SMARTS) is 1. The summed E-state index contributed by atoms with van der Waals surface area (Å²) < 4.78 is 1.90. The van der Waals surface area contributed by atoms with Gasteiger partial charge in [0, 0.05) is 12.7 Å². The number of fused-ring (bicyclic) bond motifs is 1. The molecule has 0 aliphatic rings. The summed E-state index contributed by atoms with van der Waals surface area (Å²) in [6.45, 7) is 4.73. The molecule has 0 bridgehead atoms. The minimum atomic E-state index is -0.861. The molecule has 0 spiro atoms. The molecule has 6 nitrogen and oxygen atoms in total. The smallest absolute Gasteiger partial charge is 0.304 e. The zero-order valence-electron chi connectivity index (χ0n) is 12.2. The van der Waals surface area contributed by atoms with Crippen LogP contribution in [0, 0.1) is 18.3 Å². The highest BCUT2D eigenvalue weighted by Gasteiger charge is 2.25. The monoisotopic (exact) mass is 286 g/mol. The van der Waals surface area contributed by atoms with Gasteiger partial charge in [-0.1, -0.05) is 13.0 Å². The predicted octanol–water partition coefficient (Wildman–Crippen LogP) is 2.00. The lowest BCUT2D eigenvalue weighted by Gasteiger charge is -2.25. The zero-order valence-corrected chi connectivity index (χ0v) is 12.2. The second-order valence-corrected chi connectivity index (χ2v) is 4.82. The molecule has 0 radical (unpaired) electrons. The van der Waals surface area contributed by atoms with Crippen LogP contribution in [-0.4, -0.2) is 38.4 Å². The van der Waals surface area contributed by atoms with Crippen LogP contribution in [0.3, 0.4) is 0 Å². The summed E-state index contributed by atoms with van der Waals surface area (Å²) in [5, 5.41) is 18.4. The van der Waals surface area contributed by atoms with Crippen LogP contribution in [0.1, 0.15) is 30.8 Å². The van der Waals surface area contributed by atoms with Gasteiger partial charge in [0.05, 0.1) is 23.9 Å². The first kappa shape index (κ1) is 15.0. The molecule has 2 heterocycles. The van der Waals surface area contributed by atoms with Gasteiger partial charge in [0.2, 0.25) is 0 Å². The Bertz CT molecular complexity index is 687. The molecule has 0 aliphatic heterocycles. The molecular weight excluding hydrogens is 268 g/mol. The summed E-state index contributed by atoms with van der Waals surface area (Å²) in [5.74, 6) is -0.861. The number of aryl methyl sites for hydroxylation is 1. The lowest BCUT2D eigenvalue weighted by atomic mass is 10.1. The minimum Gasteiger partial charge on any atom is -0.481 e. The Labute approximate surface area is 123 Å². The van der Waals surface area contributed by atoms with Crippen LogP contribution < -0.4 is 0 Å². The van der Waals surface area contributed by atoms with Gasteiger partial charge < -0.3 is 9.51 Å². The Morgan fingerprint density at radius 3 is 2.95 bits per heavy atom. The van der Waals surface area contributed by atoms with Crippen LogP contribution in [-0.2, 0) is 4.79 Å². The number of hydrogen-bond acceptors (Lipinski definition) is 4. The quantitative estimate of drug-likeness (QED) is 0.878. The van der Waals surface area contributed by atoms with E-state index in [1.165, 1.54) is 0 Å². The average Bonchev–Trinajstić information content (AvgIpc) is 2.79. The van der Waals surface area contributed by atoms with Gasteiger partial charge in [-0.3, -0.25) is 9.69 Å². The van der Waals surface area contributed by atoms with E-state index in [1.807, 2.05) is 47.5 Å². The number of pyridine rings is 1. The molecule has 1 atom stereocenters. The first-order valence-electron chi connectivity index (χ1n) is 6.87. The maximum absolute atomic E-state index is 10.8. The average molecular weight is 286 g/mol. The van der Waals surface area contributed by atoms with Crippen molar-refractivity contribution in [1.82, 2.24) is 14.3 Å². The van der Waals surface area contributed by atoms with Gasteiger partial charge in [-0.05, 0) is 25.6 Å². The first-order valence-corrected chi connectivity index (χ1v) is 6.87. The number of carboxylic acids is 1. The first-order chi connectivity index (χ1) is 10.1. The topological polar surface area (TPSA) is 81.6 Å². The van der Waals surface area contributed by atoms with Gasteiger partial charge in [-0.25, -0.2) is 4.98 Å². The van der Waals surface area contributed by atoms with E-state index in [9.17, 15) is 10.1 Å². The van der Waals surface area contributed by atoms with Gasteiger partial charge in [0.15, 0.2) is 0 Å². The largest absolute Gasteiger partial charge is 0.481 e.